The van der Waals surface area contributed by atoms with Gasteiger partial charge in [0.25, 0.3) is 0 Å². The van der Waals surface area contributed by atoms with Crippen LogP contribution in [0.3, 0.4) is 0 Å². The summed E-state index contributed by atoms with van der Waals surface area (Å²) in [5.41, 5.74) is -0.191. The van der Waals surface area contributed by atoms with E-state index in [4.69, 9.17) is 27.9 Å². The maximum Gasteiger partial charge on any atom is 0.412 e. The molecule has 0 saturated heterocycles. The first-order chi connectivity index (χ1) is 7.28. The van der Waals surface area contributed by atoms with Crippen LogP contribution in [0.4, 0.5) is 10.5 Å². The highest BCUT2D eigenvalue weighted by atomic mass is 35.5. The summed E-state index contributed by atoms with van der Waals surface area (Å²) >= 11 is 11.5. The Morgan fingerprint density at radius 2 is 2.06 bits per heavy atom. The molecule has 0 unspecified atom stereocenters. The molecule has 1 N–H and O–H groups in total. The molecule has 0 aliphatic heterocycles. The van der Waals surface area contributed by atoms with Crippen molar-refractivity contribution in [1.29, 1.82) is 0 Å². The van der Waals surface area contributed by atoms with Gasteiger partial charge in [0.05, 0.1) is 10.7 Å². The molecule has 1 rings (SSSR count). The third-order valence-corrected chi connectivity index (χ3v) is 1.97. The van der Waals surface area contributed by atoms with Crippen molar-refractivity contribution in [1.82, 2.24) is 4.98 Å². The van der Waals surface area contributed by atoms with Crippen LogP contribution in [-0.4, -0.2) is 16.7 Å². The third kappa shape index (κ3) is 4.24. The fourth-order valence-corrected chi connectivity index (χ4v) is 1.23. The fourth-order valence-electron chi connectivity index (χ4n) is 0.923. The Morgan fingerprint density at radius 1 is 1.44 bits per heavy atom. The molecule has 0 aliphatic carbocycles. The number of rotatable bonds is 1. The highest BCUT2D eigenvalue weighted by molar-refractivity contribution is 6.34. The highest BCUT2D eigenvalue weighted by Gasteiger charge is 2.17. The molecule has 0 atom stereocenters. The first-order valence-electron chi connectivity index (χ1n) is 4.59. The van der Waals surface area contributed by atoms with E-state index in [0.29, 0.717) is 10.7 Å². The van der Waals surface area contributed by atoms with Crippen molar-refractivity contribution in [3.05, 3.63) is 22.4 Å². The summed E-state index contributed by atoms with van der Waals surface area (Å²) in [4.78, 5) is 15.2. The number of carbonyl (C=O) groups is 1. The largest absolute Gasteiger partial charge is 0.444 e. The van der Waals surface area contributed by atoms with E-state index in [0.717, 1.165) is 0 Å². The summed E-state index contributed by atoms with van der Waals surface area (Å²) in [6.45, 7) is 5.31. The van der Waals surface area contributed by atoms with Crippen molar-refractivity contribution in [2.45, 2.75) is 26.4 Å². The summed E-state index contributed by atoms with van der Waals surface area (Å²) in [5.74, 6) is 0. The second kappa shape index (κ2) is 4.89. The van der Waals surface area contributed by atoms with Crippen LogP contribution in [0.5, 0.6) is 0 Å². The number of amides is 1. The number of hydrogen-bond acceptors (Lipinski definition) is 3. The van der Waals surface area contributed by atoms with Crippen LogP contribution in [0.15, 0.2) is 12.3 Å². The van der Waals surface area contributed by atoms with Gasteiger partial charge in [-0.2, -0.15) is 0 Å². The average Bonchev–Trinajstić information content (AvgIpc) is 2.08. The topological polar surface area (TPSA) is 51.2 Å². The van der Waals surface area contributed by atoms with Gasteiger partial charge in [-0.1, -0.05) is 23.2 Å². The Hall–Kier alpha value is -1.00. The SMILES string of the molecule is CC(C)(C)OC(=O)Nc1cc(Cl)ncc1Cl. The van der Waals surface area contributed by atoms with Crippen molar-refractivity contribution >= 4 is 35.0 Å². The first kappa shape index (κ1) is 13.1. The van der Waals surface area contributed by atoms with Gasteiger partial charge in [-0.25, -0.2) is 9.78 Å². The Kier molecular flexibility index (Phi) is 3.99. The molecule has 1 heterocycles. The summed E-state index contributed by atoms with van der Waals surface area (Å²) in [6, 6.07) is 1.45. The number of pyridine rings is 1. The van der Waals surface area contributed by atoms with Gasteiger partial charge in [-0.15, -0.1) is 0 Å². The molecule has 1 amide bonds. The Morgan fingerprint density at radius 3 is 2.62 bits per heavy atom. The van der Waals surface area contributed by atoms with Crippen LogP contribution >= 0.6 is 23.2 Å². The molecule has 6 heteroatoms. The second-order valence-electron chi connectivity index (χ2n) is 4.11. The van der Waals surface area contributed by atoms with Gasteiger partial charge < -0.3 is 4.74 Å². The number of nitrogens with one attached hydrogen (secondary N) is 1. The van der Waals surface area contributed by atoms with Crippen molar-refractivity contribution in [3.63, 3.8) is 0 Å². The normalized spacial score (nSPS) is 11.1. The van der Waals surface area contributed by atoms with Crippen molar-refractivity contribution < 1.29 is 9.53 Å². The lowest BCUT2D eigenvalue weighted by atomic mass is 10.2. The number of halogens is 2. The average molecular weight is 263 g/mol. The molecular weight excluding hydrogens is 251 g/mol. The number of ether oxygens (including phenoxy) is 1. The van der Waals surface area contributed by atoms with Gasteiger partial charge in [0.15, 0.2) is 0 Å². The van der Waals surface area contributed by atoms with Crippen LogP contribution in [0, 0.1) is 0 Å². The smallest absolute Gasteiger partial charge is 0.412 e. The molecule has 88 valence electrons. The summed E-state index contributed by atoms with van der Waals surface area (Å²) in [7, 11) is 0. The van der Waals surface area contributed by atoms with Gasteiger partial charge in [-0.3, -0.25) is 5.32 Å². The van der Waals surface area contributed by atoms with E-state index >= 15 is 0 Å². The molecule has 0 fully saturated rings. The second-order valence-corrected chi connectivity index (χ2v) is 4.91. The number of nitrogens with zero attached hydrogens (tertiary/aromatic N) is 1. The van der Waals surface area contributed by atoms with E-state index < -0.39 is 11.7 Å². The van der Waals surface area contributed by atoms with Crippen LogP contribution in [0.2, 0.25) is 10.2 Å². The molecule has 0 bridgehead atoms. The minimum atomic E-state index is -0.586. The number of aromatic nitrogens is 1. The minimum Gasteiger partial charge on any atom is -0.444 e. The molecule has 16 heavy (non-hydrogen) atoms. The molecule has 0 aromatic carbocycles. The lowest BCUT2D eigenvalue weighted by molar-refractivity contribution is 0.0636. The highest BCUT2D eigenvalue weighted by Crippen LogP contribution is 2.23. The number of carbonyl (C=O) groups excluding carboxylic acids is 1. The fraction of sp³-hybridized carbons (Fsp3) is 0.400. The maximum atomic E-state index is 11.4. The van der Waals surface area contributed by atoms with Crippen LogP contribution in [0.25, 0.3) is 0 Å². The van der Waals surface area contributed by atoms with Gasteiger partial charge >= 0.3 is 6.09 Å². The van der Waals surface area contributed by atoms with Crippen molar-refractivity contribution in [3.8, 4) is 0 Å². The van der Waals surface area contributed by atoms with Crippen LogP contribution < -0.4 is 5.32 Å². The third-order valence-electron chi connectivity index (χ3n) is 1.46. The first-order valence-corrected chi connectivity index (χ1v) is 5.34. The van der Waals surface area contributed by atoms with E-state index in [1.165, 1.54) is 12.3 Å². The molecule has 0 saturated carbocycles. The quantitative estimate of drug-likeness (QED) is 0.785. The Balaban J connectivity index is 2.73. The molecule has 4 nitrogen and oxygen atoms in total. The predicted molar refractivity (Wildman–Crippen MR) is 64.1 cm³/mol. The minimum absolute atomic E-state index is 0.246. The predicted octanol–water partition coefficient (Wildman–Crippen LogP) is 3.74. The van der Waals surface area contributed by atoms with Gasteiger partial charge in [0.1, 0.15) is 10.8 Å². The number of hydrogen-bond donors (Lipinski definition) is 1. The van der Waals surface area contributed by atoms with E-state index in [9.17, 15) is 4.79 Å². The molecule has 1 aromatic rings. The molecule has 0 spiro atoms. The van der Waals surface area contributed by atoms with E-state index in [1.807, 2.05) is 0 Å². The number of anilines is 1. The lowest BCUT2D eigenvalue weighted by Gasteiger charge is -2.19. The van der Waals surface area contributed by atoms with Gasteiger partial charge in [-0.05, 0) is 20.8 Å². The lowest BCUT2D eigenvalue weighted by Crippen LogP contribution is -2.27. The van der Waals surface area contributed by atoms with Crippen LogP contribution in [-0.2, 0) is 4.74 Å². The molecule has 1 aromatic heterocycles. The molecular formula is C10H12Cl2N2O2. The zero-order valence-corrected chi connectivity index (χ0v) is 10.7. The van der Waals surface area contributed by atoms with Crippen molar-refractivity contribution in [2.75, 3.05) is 5.32 Å². The Bertz CT molecular complexity index is 402. The molecule has 0 aliphatic rings. The van der Waals surface area contributed by atoms with E-state index in [-0.39, 0.29) is 5.15 Å². The van der Waals surface area contributed by atoms with E-state index in [2.05, 4.69) is 10.3 Å². The van der Waals surface area contributed by atoms with Crippen LogP contribution in [0.1, 0.15) is 20.8 Å². The molecule has 0 radical (unpaired) electrons. The summed E-state index contributed by atoms with van der Waals surface area (Å²) in [5, 5.41) is 3.04. The van der Waals surface area contributed by atoms with Crippen molar-refractivity contribution in [2.24, 2.45) is 0 Å². The van der Waals surface area contributed by atoms with E-state index in [1.54, 1.807) is 20.8 Å². The maximum absolute atomic E-state index is 11.4. The Labute approximate surface area is 104 Å². The van der Waals surface area contributed by atoms with Gasteiger partial charge in [0.2, 0.25) is 0 Å². The zero-order valence-electron chi connectivity index (χ0n) is 9.17. The summed E-state index contributed by atoms with van der Waals surface area (Å²) < 4.78 is 5.06. The zero-order chi connectivity index (χ0) is 12.3. The van der Waals surface area contributed by atoms with Gasteiger partial charge in [0, 0.05) is 12.3 Å². The summed E-state index contributed by atoms with van der Waals surface area (Å²) in [6.07, 6.45) is 0.771. The monoisotopic (exact) mass is 262 g/mol. The standard InChI is InChI=1S/C10H12Cl2N2O2/c1-10(2,3)16-9(15)14-7-4-8(12)13-5-6(7)11/h4-5H,1-3H3,(H,13,14,15).